The third-order valence-electron chi connectivity index (χ3n) is 7.25. The van der Waals surface area contributed by atoms with Gasteiger partial charge in [0.15, 0.2) is 6.10 Å². The smallest absolute Gasteiger partial charge is 0.416 e. The van der Waals surface area contributed by atoms with E-state index in [0.29, 0.717) is 32.3 Å². The lowest BCUT2D eigenvalue weighted by Crippen LogP contribution is -2.31. The predicted octanol–water partition coefficient (Wildman–Crippen LogP) is 4.91. The molecule has 0 saturated heterocycles. The summed E-state index contributed by atoms with van der Waals surface area (Å²) < 4.78 is 60.9. The van der Waals surface area contributed by atoms with E-state index in [9.17, 15) is 37.8 Å². The minimum absolute atomic E-state index is 0.0150. The highest BCUT2D eigenvalue weighted by atomic mass is 19.4. The zero-order chi connectivity index (χ0) is 34.8. The van der Waals surface area contributed by atoms with E-state index in [2.05, 4.69) is 5.32 Å². The molecular weight excluding hydrogens is 623 g/mol. The maximum absolute atomic E-state index is 13.2. The van der Waals surface area contributed by atoms with Crippen LogP contribution in [0, 0.1) is 11.8 Å². The number of hydrogen-bond acceptors (Lipinski definition) is 9. The van der Waals surface area contributed by atoms with E-state index >= 15 is 0 Å². The lowest BCUT2D eigenvalue weighted by molar-refractivity contribution is -0.148. The van der Waals surface area contributed by atoms with Gasteiger partial charge in [-0.25, -0.2) is 0 Å². The average Bonchev–Trinajstić information content (AvgIpc) is 3.26. The Morgan fingerprint density at radius 1 is 1.06 bits per heavy atom. The number of alkyl halides is 3. The summed E-state index contributed by atoms with van der Waals surface area (Å²) in [5.74, 6) is -2.28. The molecular formula is C34H48F3NO9. The van der Waals surface area contributed by atoms with E-state index in [0.717, 1.165) is 18.6 Å². The molecule has 0 aliphatic heterocycles. The highest BCUT2D eigenvalue weighted by Crippen LogP contribution is 2.36. The summed E-state index contributed by atoms with van der Waals surface area (Å²) in [4.78, 5) is 36.2. The Kier molecular flexibility index (Phi) is 17.5. The van der Waals surface area contributed by atoms with Gasteiger partial charge in [-0.05, 0) is 69.7 Å². The van der Waals surface area contributed by atoms with Crippen molar-refractivity contribution in [2.24, 2.45) is 11.8 Å². The van der Waals surface area contributed by atoms with Gasteiger partial charge in [-0.15, -0.1) is 0 Å². The minimum atomic E-state index is -4.57. The molecule has 2 rings (SSSR count). The van der Waals surface area contributed by atoms with Crippen molar-refractivity contribution in [3.8, 4) is 5.75 Å². The van der Waals surface area contributed by atoms with Crippen LogP contribution in [0.5, 0.6) is 5.75 Å². The number of amides is 1. The van der Waals surface area contributed by atoms with Crippen LogP contribution in [-0.4, -0.2) is 78.8 Å². The molecule has 10 nitrogen and oxygen atoms in total. The van der Waals surface area contributed by atoms with Gasteiger partial charge in [-0.3, -0.25) is 14.4 Å². The number of allylic oxidation sites excluding steroid dienone is 2. The number of carbonyl (C=O) groups is 3. The molecule has 1 aliphatic rings. The fourth-order valence-electron chi connectivity index (χ4n) is 4.98. The van der Waals surface area contributed by atoms with Gasteiger partial charge in [0.05, 0.1) is 30.3 Å². The van der Waals surface area contributed by atoms with E-state index in [4.69, 9.17) is 18.9 Å². The molecule has 0 bridgehead atoms. The van der Waals surface area contributed by atoms with Crippen LogP contribution >= 0.6 is 0 Å². The number of aliphatic hydroxyl groups is 2. The minimum Gasteiger partial charge on any atom is -0.489 e. The van der Waals surface area contributed by atoms with E-state index in [1.807, 2.05) is 19.1 Å². The summed E-state index contributed by atoms with van der Waals surface area (Å²) >= 11 is 0. The van der Waals surface area contributed by atoms with Crippen LogP contribution < -0.4 is 10.1 Å². The summed E-state index contributed by atoms with van der Waals surface area (Å²) in [6, 6.07) is 4.30. The molecule has 0 aromatic heterocycles. The van der Waals surface area contributed by atoms with Crippen molar-refractivity contribution in [2.75, 3.05) is 26.4 Å². The second-order valence-corrected chi connectivity index (χ2v) is 11.7. The normalized spacial score (nSPS) is 20.5. The molecule has 5 atom stereocenters. The zero-order valence-electron chi connectivity index (χ0n) is 27.2. The molecule has 1 aromatic carbocycles. The van der Waals surface area contributed by atoms with Crippen LogP contribution in [0.4, 0.5) is 13.2 Å². The van der Waals surface area contributed by atoms with Crippen molar-refractivity contribution in [3.05, 3.63) is 54.1 Å². The number of rotatable bonds is 20. The number of benzene rings is 1. The number of esters is 2. The first-order valence-corrected chi connectivity index (χ1v) is 16.0. The van der Waals surface area contributed by atoms with Crippen LogP contribution in [0.25, 0.3) is 0 Å². The number of carbonyl (C=O) groups excluding carboxylic acids is 3. The van der Waals surface area contributed by atoms with E-state index in [-0.39, 0.29) is 56.3 Å². The summed E-state index contributed by atoms with van der Waals surface area (Å²) in [6.45, 7) is 5.42. The molecule has 3 N–H and O–H groups in total. The number of hydrogen-bond donors (Lipinski definition) is 3. The monoisotopic (exact) mass is 671 g/mol. The van der Waals surface area contributed by atoms with Gasteiger partial charge in [-0.1, -0.05) is 31.2 Å². The van der Waals surface area contributed by atoms with Gasteiger partial charge in [0.25, 0.3) is 0 Å². The Morgan fingerprint density at radius 3 is 2.51 bits per heavy atom. The number of nitrogens with one attached hydrogen (secondary N) is 1. The molecule has 47 heavy (non-hydrogen) atoms. The molecule has 1 fully saturated rings. The first kappa shape index (κ1) is 39.8. The lowest BCUT2D eigenvalue weighted by Gasteiger charge is -2.21. The van der Waals surface area contributed by atoms with Gasteiger partial charge >= 0.3 is 18.1 Å². The van der Waals surface area contributed by atoms with E-state index in [1.54, 1.807) is 19.9 Å². The maximum Gasteiger partial charge on any atom is 0.416 e. The SMILES string of the molecule is CCCOCC(=O)NCCC(=O)O[C@H](/C=C/[C@@H]1[C@@H](C/C=C\CCCC(=O)OC(C)C)[C@@H](O)C[C@H]1O)COc1cccc(C(F)(F)F)c1. The second-order valence-electron chi connectivity index (χ2n) is 11.7. The summed E-state index contributed by atoms with van der Waals surface area (Å²) in [7, 11) is 0. The van der Waals surface area contributed by atoms with Crippen LogP contribution in [-0.2, 0) is 34.8 Å². The second kappa shape index (κ2) is 20.7. The lowest BCUT2D eigenvalue weighted by atomic mass is 9.89. The Labute approximate surface area is 274 Å². The summed E-state index contributed by atoms with van der Waals surface area (Å²) in [5.41, 5.74) is -0.896. The van der Waals surface area contributed by atoms with Crippen molar-refractivity contribution in [3.63, 3.8) is 0 Å². The van der Waals surface area contributed by atoms with Gasteiger partial charge in [0.2, 0.25) is 5.91 Å². The first-order valence-electron chi connectivity index (χ1n) is 16.0. The van der Waals surface area contributed by atoms with Crippen molar-refractivity contribution in [1.82, 2.24) is 5.32 Å². The average molecular weight is 672 g/mol. The molecule has 0 unspecified atom stereocenters. The van der Waals surface area contributed by atoms with E-state index in [1.165, 1.54) is 18.2 Å². The van der Waals surface area contributed by atoms with Crippen molar-refractivity contribution in [1.29, 1.82) is 0 Å². The topological polar surface area (TPSA) is 141 Å². The third-order valence-corrected chi connectivity index (χ3v) is 7.25. The Bertz CT molecular complexity index is 1170. The number of ether oxygens (including phenoxy) is 4. The van der Waals surface area contributed by atoms with Crippen LogP contribution in [0.15, 0.2) is 48.6 Å². The highest BCUT2D eigenvalue weighted by Gasteiger charge is 2.39. The fourth-order valence-corrected chi connectivity index (χ4v) is 4.98. The molecule has 0 heterocycles. The van der Waals surface area contributed by atoms with Crippen LogP contribution in [0.1, 0.15) is 71.3 Å². The highest BCUT2D eigenvalue weighted by molar-refractivity contribution is 5.78. The van der Waals surface area contributed by atoms with Crippen LogP contribution in [0.2, 0.25) is 0 Å². The zero-order valence-corrected chi connectivity index (χ0v) is 27.2. The molecule has 1 aromatic rings. The Balaban J connectivity index is 2.05. The first-order chi connectivity index (χ1) is 22.3. The van der Waals surface area contributed by atoms with Gasteiger partial charge in [0.1, 0.15) is 19.0 Å². The molecule has 1 aliphatic carbocycles. The standard InChI is InChI=1S/C34H48F3NO9/c1-4-18-44-22-31(41)38-17-16-33(43)47-26(21-45-25-11-9-10-24(19-25)34(35,36)37)14-15-28-27(29(39)20-30(28)40)12-7-5-6-8-13-32(42)46-23(2)3/h5,7,9-11,14-15,19,23,26-30,39-40H,4,6,8,12-13,16-18,20-22H2,1-3H3,(H,38,41)/b7-5-,15-14+/t26-,27-,28-,29+,30-/m1/s1. The summed E-state index contributed by atoms with van der Waals surface area (Å²) in [6.07, 6.45) is 2.14. The van der Waals surface area contributed by atoms with E-state index < -0.39 is 47.8 Å². The molecule has 13 heteroatoms. The Hall–Kier alpha value is -3.42. The molecule has 1 saturated carbocycles. The maximum atomic E-state index is 13.2. The quantitative estimate of drug-likeness (QED) is 0.100. The largest absolute Gasteiger partial charge is 0.489 e. The third kappa shape index (κ3) is 15.8. The van der Waals surface area contributed by atoms with Crippen molar-refractivity contribution >= 4 is 17.8 Å². The Morgan fingerprint density at radius 2 is 1.81 bits per heavy atom. The number of halogens is 3. The van der Waals surface area contributed by atoms with Crippen LogP contribution in [0.3, 0.4) is 0 Å². The number of aliphatic hydroxyl groups excluding tert-OH is 2. The van der Waals surface area contributed by atoms with Gasteiger partial charge in [0, 0.05) is 31.9 Å². The molecule has 1 amide bonds. The summed E-state index contributed by atoms with van der Waals surface area (Å²) in [5, 5.41) is 23.8. The number of unbranched alkanes of at least 4 members (excludes halogenated alkanes) is 1. The van der Waals surface area contributed by atoms with Crippen molar-refractivity contribution in [2.45, 2.75) is 96.3 Å². The molecule has 0 radical (unpaired) electrons. The molecule has 0 spiro atoms. The fraction of sp³-hybridized carbons (Fsp3) is 0.618. The van der Waals surface area contributed by atoms with Crippen molar-refractivity contribution < 1.29 is 56.7 Å². The van der Waals surface area contributed by atoms with Gasteiger partial charge in [-0.2, -0.15) is 13.2 Å². The molecule has 264 valence electrons. The van der Waals surface area contributed by atoms with Gasteiger partial charge < -0.3 is 34.5 Å². The predicted molar refractivity (Wildman–Crippen MR) is 167 cm³/mol.